The Balaban J connectivity index is 2.04. The molecular formula is C18H15NO4. The van der Waals surface area contributed by atoms with Gasteiger partial charge in [-0.1, -0.05) is 42.0 Å². The zero-order chi connectivity index (χ0) is 16.6. The number of carbonyl (C=O) groups is 3. The Morgan fingerprint density at radius 1 is 1.00 bits per heavy atom. The van der Waals surface area contributed by atoms with Crippen LogP contribution in [0.15, 0.2) is 48.5 Å². The molecule has 0 aromatic heterocycles. The normalized spacial score (nSPS) is 14.7. The first-order valence-corrected chi connectivity index (χ1v) is 7.24. The molecule has 2 aromatic rings. The van der Waals surface area contributed by atoms with E-state index in [0.717, 1.165) is 10.5 Å². The molecule has 0 saturated carbocycles. The minimum Gasteiger partial charge on any atom is -0.481 e. The molecule has 0 unspecified atom stereocenters. The van der Waals surface area contributed by atoms with Crippen molar-refractivity contribution in [2.24, 2.45) is 0 Å². The van der Waals surface area contributed by atoms with Gasteiger partial charge in [0.05, 0.1) is 23.6 Å². The number of imide groups is 1. The minimum absolute atomic E-state index is 0.319. The highest BCUT2D eigenvalue weighted by atomic mass is 16.4. The molecule has 23 heavy (non-hydrogen) atoms. The summed E-state index contributed by atoms with van der Waals surface area (Å²) in [5, 5.41) is 9.20. The average molecular weight is 309 g/mol. The molecule has 5 heteroatoms. The number of carboxylic acid groups (broad SMARTS) is 1. The maximum absolute atomic E-state index is 12.6. The molecule has 2 aromatic carbocycles. The molecule has 0 fully saturated rings. The molecule has 0 bridgehead atoms. The Bertz CT molecular complexity index is 760. The molecule has 3 rings (SSSR count). The number of carboxylic acids is 1. The molecule has 1 aliphatic heterocycles. The standard InChI is InChI=1S/C18H15NO4/c1-11-6-8-12(9-7-11)15(10-16(20)21)19-17(22)13-4-2-3-5-14(13)18(19)23/h2-9,15H,10H2,1H3,(H,20,21)/t15-/m0/s1. The largest absolute Gasteiger partial charge is 0.481 e. The van der Waals surface area contributed by atoms with Crippen LogP contribution in [-0.2, 0) is 4.79 Å². The van der Waals surface area contributed by atoms with Crippen molar-refractivity contribution in [2.45, 2.75) is 19.4 Å². The lowest BCUT2D eigenvalue weighted by molar-refractivity contribution is -0.138. The summed E-state index contributed by atoms with van der Waals surface area (Å²) >= 11 is 0. The highest BCUT2D eigenvalue weighted by molar-refractivity contribution is 6.21. The summed E-state index contributed by atoms with van der Waals surface area (Å²) in [5.74, 6) is -1.96. The first-order valence-electron chi connectivity index (χ1n) is 7.24. The second-order valence-electron chi connectivity index (χ2n) is 5.55. The fourth-order valence-electron chi connectivity index (χ4n) is 2.80. The number of benzene rings is 2. The summed E-state index contributed by atoms with van der Waals surface area (Å²) < 4.78 is 0. The lowest BCUT2D eigenvalue weighted by Gasteiger charge is -2.25. The van der Waals surface area contributed by atoms with Gasteiger partial charge < -0.3 is 5.11 Å². The van der Waals surface area contributed by atoms with Crippen molar-refractivity contribution in [3.63, 3.8) is 0 Å². The third kappa shape index (κ3) is 2.61. The molecule has 5 nitrogen and oxygen atoms in total. The van der Waals surface area contributed by atoms with Gasteiger partial charge in [0, 0.05) is 0 Å². The minimum atomic E-state index is -1.06. The maximum Gasteiger partial charge on any atom is 0.305 e. The number of hydrogen-bond donors (Lipinski definition) is 1. The van der Waals surface area contributed by atoms with Gasteiger partial charge in [-0.2, -0.15) is 0 Å². The summed E-state index contributed by atoms with van der Waals surface area (Å²) in [7, 11) is 0. The highest BCUT2D eigenvalue weighted by Gasteiger charge is 2.41. The van der Waals surface area contributed by atoms with Gasteiger partial charge in [0.1, 0.15) is 0 Å². The van der Waals surface area contributed by atoms with Gasteiger partial charge in [-0.05, 0) is 24.6 Å². The van der Waals surface area contributed by atoms with Crippen LogP contribution in [0.25, 0.3) is 0 Å². The number of aryl methyl sites for hydroxylation is 1. The summed E-state index contributed by atoms with van der Waals surface area (Å²) in [6, 6.07) is 12.9. The second kappa shape index (κ2) is 5.68. The van der Waals surface area contributed by atoms with Gasteiger partial charge in [0.2, 0.25) is 0 Å². The average Bonchev–Trinajstić information content (AvgIpc) is 2.78. The fraction of sp³-hybridized carbons (Fsp3) is 0.167. The summed E-state index contributed by atoms with van der Waals surface area (Å²) in [6.45, 7) is 1.91. The maximum atomic E-state index is 12.6. The molecule has 0 spiro atoms. The van der Waals surface area contributed by atoms with Gasteiger partial charge in [-0.15, -0.1) is 0 Å². The van der Waals surface area contributed by atoms with Crippen LogP contribution in [-0.4, -0.2) is 27.8 Å². The van der Waals surface area contributed by atoms with Crippen LogP contribution < -0.4 is 0 Å². The van der Waals surface area contributed by atoms with Crippen molar-refractivity contribution in [1.29, 1.82) is 0 Å². The van der Waals surface area contributed by atoms with Crippen molar-refractivity contribution in [2.75, 3.05) is 0 Å². The summed E-state index contributed by atoms with van der Waals surface area (Å²) in [5.41, 5.74) is 2.29. The Morgan fingerprint density at radius 2 is 1.52 bits per heavy atom. The van der Waals surface area contributed by atoms with Gasteiger partial charge in [-0.3, -0.25) is 19.3 Å². The fourth-order valence-corrected chi connectivity index (χ4v) is 2.80. The third-order valence-electron chi connectivity index (χ3n) is 3.97. The number of fused-ring (bicyclic) bond motifs is 1. The topological polar surface area (TPSA) is 74.7 Å². The van der Waals surface area contributed by atoms with E-state index in [1.54, 1.807) is 36.4 Å². The Hall–Kier alpha value is -2.95. The number of amides is 2. The molecule has 0 aliphatic carbocycles. The van der Waals surface area contributed by atoms with Crippen LogP contribution in [0.5, 0.6) is 0 Å². The van der Waals surface area contributed by atoms with Gasteiger partial charge in [0.25, 0.3) is 11.8 Å². The second-order valence-corrected chi connectivity index (χ2v) is 5.55. The van der Waals surface area contributed by atoms with E-state index in [-0.39, 0.29) is 6.42 Å². The van der Waals surface area contributed by atoms with E-state index in [1.165, 1.54) is 0 Å². The van der Waals surface area contributed by atoms with Crippen molar-refractivity contribution in [3.8, 4) is 0 Å². The molecule has 1 N–H and O–H groups in total. The number of hydrogen-bond acceptors (Lipinski definition) is 3. The molecule has 1 heterocycles. The number of aliphatic carboxylic acids is 1. The molecule has 0 radical (unpaired) electrons. The van der Waals surface area contributed by atoms with Crippen molar-refractivity contribution in [1.82, 2.24) is 4.90 Å². The van der Waals surface area contributed by atoms with Crippen molar-refractivity contribution >= 4 is 17.8 Å². The Morgan fingerprint density at radius 3 is 2.00 bits per heavy atom. The van der Waals surface area contributed by atoms with E-state index < -0.39 is 23.8 Å². The Kier molecular flexibility index (Phi) is 3.70. The number of nitrogens with zero attached hydrogens (tertiary/aromatic N) is 1. The molecule has 1 atom stereocenters. The first kappa shape index (κ1) is 15.0. The van der Waals surface area contributed by atoms with E-state index in [9.17, 15) is 19.5 Å². The van der Waals surface area contributed by atoms with Crippen LogP contribution in [0, 0.1) is 6.92 Å². The quantitative estimate of drug-likeness (QED) is 0.881. The predicted molar refractivity (Wildman–Crippen MR) is 83.1 cm³/mol. The highest BCUT2D eigenvalue weighted by Crippen LogP contribution is 2.33. The summed E-state index contributed by atoms with van der Waals surface area (Å²) in [4.78, 5) is 37.5. The lowest BCUT2D eigenvalue weighted by Crippen LogP contribution is -2.35. The van der Waals surface area contributed by atoms with Crippen molar-refractivity contribution < 1.29 is 19.5 Å². The molecule has 0 saturated heterocycles. The molecular weight excluding hydrogens is 294 g/mol. The molecule has 1 aliphatic rings. The van der Waals surface area contributed by atoms with E-state index >= 15 is 0 Å². The summed E-state index contributed by atoms with van der Waals surface area (Å²) in [6.07, 6.45) is -0.325. The lowest BCUT2D eigenvalue weighted by atomic mass is 10.0. The monoisotopic (exact) mass is 309 g/mol. The first-order chi connectivity index (χ1) is 11.0. The van der Waals surface area contributed by atoms with E-state index in [2.05, 4.69) is 0 Å². The predicted octanol–water partition coefficient (Wildman–Crippen LogP) is 2.81. The van der Waals surface area contributed by atoms with E-state index in [1.807, 2.05) is 19.1 Å². The van der Waals surface area contributed by atoms with Gasteiger partial charge in [-0.25, -0.2) is 0 Å². The molecule has 116 valence electrons. The van der Waals surface area contributed by atoms with Crippen LogP contribution in [0.2, 0.25) is 0 Å². The van der Waals surface area contributed by atoms with Crippen molar-refractivity contribution in [3.05, 3.63) is 70.8 Å². The van der Waals surface area contributed by atoms with Gasteiger partial charge >= 0.3 is 5.97 Å². The third-order valence-corrected chi connectivity index (χ3v) is 3.97. The van der Waals surface area contributed by atoms with Crippen LogP contribution in [0.1, 0.15) is 44.3 Å². The SMILES string of the molecule is Cc1ccc([C@H](CC(=O)O)N2C(=O)c3ccccc3C2=O)cc1. The smallest absolute Gasteiger partial charge is 0.305 e. The zero-order valence-electron chi connectivity index (χ0n) is 12.5. The number of rotatable bonds is 4. The van der Waals surface area contributed by atoms with Gasteiger partial charge in [0.15, 0.2) is 0 Å². The van der Waals surface area contributed by atoms with Crippen LogP contribution in [0.3, 0.4) is 0 Å². The van der Waals surface area contributed by atoms with Crippen LogP contribution >= 0.6 is 0 Å². The molecule has 2 amide bonds. The van der Waals surface area contributed by atoms with E-state index in [4.69, 9.17) is 0 Å². The Labute approximate surface area is 133 Å². The van der Waals surface area contributed by atoms with Crippen LogP contribution in [0.4, 0.5) is 0 Å². The van der Waals surface area contributed by atoms with E-state index in [0.29, 0.717) is 16.7 Å². The zero-order valence-corrected chi connectivity index (χ0v) is 12.5. The number of carbonyl (C=O) groups excluding carboxylic acids is 2.